The van der Waals surface area contributed by atoms with Crippen molar-refractivity contribution in [1.82, 2.24) is 0 Å². The summed E-state index contributed by atoms with van der Waals surface area (Å²) < 4.78 is 46.4. The van der Waals surface area contributed by atoms with Crippen LogP contribution in [-0.4, -0.2) is 35.0 Å². The molecule has 0 spiro atoms. The largest absolute Gasteiger partial charge is 0.497 e. The molecule has 0 N–H and O–H groups in total. The third-order valence-electron chi connectivity index (χ3n) is 5.67. The number of sulfonamides is 1. The van der Waals surface area contributed by atoms with Crippen LogP contribution in [0.2, 0.25) is 5.02 Å². The van der Waals surface area contributed by atoms with Crippen LogP contribution in [0.15, 0.2) is 65.6 Å². The lowest BCUT2D eigenvalue weighted by molar-refractivity contribution is 0.0985. The zero-order valence-electron chi connectivity index (χ0n) is 18.1. The maximum atomic E-state index is 13.6. The van der Waals surface area contributed by atoms with Crippen LogP contribution in [0.25, 0.3) is 0 Å². The first-order chi connectivity index (χ1) is 15.7. The first-order valence-corrected chi connectivity index (χ1v) is 12.1. The fourth-order valence-electron chi connectivity index (χ4n) is 3.84. The van der Waals surface area contributed by atoms with Crippen molar-refractivity contribution < 1.29 is 22.3 Å². The minimum absolute atomic E-state index is 0.0649. The van der Waals surface area contributed by atoms with Gasteiger partial charge in [-0.1, -0.05) is 11.6 Å². The van der Waals surface area contributed by atoms with Crippen molar-refractivity contribution in [2.24, 2.45) is 0 Å². The summed E-state index contributed by atoms with van der Waals surface area (Å²) >= 11 is 6.31. The predicted molar refractivity (Wildman–Crippen MR) is 126 cm³/mol. The topological polar surface area (TPSA) is 66.9 Å². The smallest absolute Gasteiger partial charge is 0.264 e. The maximum absolute atomic E-state index is 13.6. The summed E-state index contributed by atoms with van der Waals surface area (Å²) in [6, 6.07) is 14.9. The molecule has 4 rings (SSSR count). The van der Waals surface area contributed by atoms with Crippen LogP contribution < -0.4 is 13.9 Å². The van der Waals surface area contributed by atoms with Gasteiger partial charge in [0.2, 0.25) is 0 Å². The second-order valence-electron chi connectivity index (χ2n) is 7.65. The molecule has 0 atom stereocenters. The Morgan fingerprint density at radius 1 is 1.09 bits per heavy atom. The van der Waals surface area contributed by atoms with Gasteiger partial charge in [0.25, 0.3) is 15.9 Å². The van der Waals surface area contributed by atoms with Crippen molar-refractivity contribution >= 4 is 38.9 Å². The minimum atomic E-state index is -3.97. The average Bonchev–Trinajstić information content (AvgIpc) is 2.82. The van der Waals surface area contributed by atoms with Gasteiger partial charge in [0.05, 0.1) is 28.3 Å². The lowest BCUT2D eigenvalue weighted by atomic mass is 10.0. The van der Waals surface area contributed by atoms with Gasteiger partial charge in [0, 0.05) is 19.3 Å². The first-order valence-electron chi connectivity index (χ1n) is 10.2. The van der Waals surface area contributed by atoms with E-state index in [1.807, 2.05) is 0 Å². The molecule has 1 aliphatic heterocycles. The number of ether oxygens (including phenoxy) is 1. The van der Waals surface area contributed by atoms with E-state index in [-0.39, 0.29) is 21.3 Å². The fraction of sp³-hybridized carbons (Fsp3) is 0.208. The number of methoxy groups -OCH3 is 1. The number of rotatable bonds is 5. The molecular formula is C24H22ClFN2O4S. The van der Waals surface area contributed by atoms with Crippen LogP contribution >= 0.6 is 11.6 Å². The van der Waals surface area contributed by atoms with E-state index in [1.165, 1.54) is 49.4 Å². The van der Waals surface area contributed by atoms with Crippen LogP contribution in [-0.2, 0) is 16.4 Å². The molecule has 0 aliphatic carbocycles. The number of carbonyl (C=O) groups excluding carboxylic acids is 1. The van der Waals surface area contributed by atoms with Crippen LogP contribution in [0.1, 0.15) is 22.3 Å². The van der Waals surface area contributed by atoms with Crippen molar-refractivity contribution in [3.8, 4) is 5.75 Å². The minimum Gasteiger partial charge on any atom is -0.497 e. The van der Waals surface area contributed by atoms with Gasteiger partial charge in [0.15, 0.2) is 0 Å². The average molecular weight is 489 g/mol. The molecule has 172 valence electrons. The molecule has 33 heavy (non-hydrogen) atoms. The number of aryl methyl sites for hydroxylation is 1. The highest BCUT2D eigenvalue weighted by Gasteiger charge is 2.28. The molecule has 1 amide bonds. The number of anilines is 2. The van der Waals surface area contributed by atoms with E-state index >= 15 is 0 Å². The number of nitrogens with zero attached hydrogens (tertiary/aromatic N) is 2. The molecular weight excluding hydrogens is 467 g/mol. The molecule has 1 heterocycles. The number of hydrogen-bond donors (Lipinski definition) is 0. The standard InChI is InChI=1S/C24H22ClFN2O4S/c1-27(18-6-8-19(32-2)9-7-18)33(30,31)20-10-11-22(25)21(15-20)24(29)28-13-3-4-16-14-17(26)5-12-23(16)28/h5-12,14-15H,3-4,13H2,1-2H3. The molecule has 1 aliphatic rings. The molecule has 0 bridgehead atoms. The van der Waals surface area contributed by atoms with E-state index in [2.05, 4.69) is 0 Å². The van der Waals surface area contributed by atoms with Crippen molar-refractivity contribution in [3.05, 3.63) is 82.6 Å². The maximum Gasteiger partial charge on any atom is 0.264 e. The quantitative estimate of drug-likeness (QED) is 0.512. The number of amides is 1. The third-order valence-corrected chi connectivity index (χ3v) is 7.78. The lowest BCUT2D eigenvalue weighted by Crippen LogP contribution is -2.36. The molecule has 3 aromatic carbocycles. The van der Waals surface area contributed by atoms with E-state index in [4.69, 9.17) is 16.3 Å². The molecule has 0 aromatic heterocycles. The Bertz CT molecular complexity index is 1310. The van der Waals surface area contributed by atoms with Gasteiger partial charge >= 0.3 is 0 Å². The third kappa shape index (κ3) is 4.41. The highest BCUT2D eigenvalue weighted by molar-refractivity contribution is 7.92. The Morgan fingerprint density at radius 2 is 1.82 bits per heavy atom. The number of hydrogen-bond acceptors (Lipinski definition) is 4. The number of benzene rings is 3. The summed E-state index contributed by atoms with van der Waals surface area (Å²) in [7, 11) is -1.01. The van der Waals surface area contributed by atoms with Gasteiger partial charge in [-0.05, 0) is 79.1 Å². The zero-order valence-corrected chi connectivity index (χ0v) is 19.7. The Morgan fingerprint density at radius 3 is 2.52 bits per heavy atom. The first kappa shape index (κ1) is 23.1. The van der Waals surface area contributed by atoms with Gasteiger partial charge in [-0.25, -0.2) is 12.8 Å². The second kappa shape index (κ2) is 9.03. The molecule has 0 saturated carbocycles. The van der Waals surface area contributed by atoms with Crippen molar-refractivity contribution in [3.63, 3.8) is 0 Å². The summed E-state index contributed by atoms with van der Waals surface area (Å²) in [4.78, 5) is 14.8. The van der Waals surface area contributed by atoms with Crippen molar-refractivity contribution in [1.29, 1.82) is 0 Å². The van der Waals surface area contributed by atoms with Gasteiger partial charge in [-0.2, -0.15) is 0 Å². The molecule has 3 aromatic rings. The Labute approximate surface area is 197 Å². The monoisotopic (exact) mass is 488 g/mol. The fourth-order valence-corrected chi connectivity index (χ4v) is 5.26. The van der Waals surface area contributed by atoms with Crippen LogP contribution in [0.4, 0.5) is 15.8 Å². The van der Waals surface area contributed by atoms with Gasteiger partial charge in [-0.3, -0.25) is 9.10 Å². The summed E-state index contributed by atoms with van der Waals surface area (Å²) in [5.74, 6) is -0.196. The summed E-state index contributed by atoms with van der Waals surface area (Å²) in [5.41, 5.74) is 1.84. The highest BCUT2D eigenvalue weighted by atomic mass is 35.5. The summed E-state index contributed by atoms with van der Waals surface area (Å²) in [6.45, 7) is 0.427. The molecule has 0 unspecified atom stereocenters. The summed E-state index contributed by atoms with van der Waals surface area (Å²) in [5, 5.41) is 0.139. The van der Waals surface area contributed by atoms with E-state index < -0.39 is 15.9 Å². The van der Waals surface area contributed by atoms with Gasteiger partial charge in [-0.15, -0.1) is 0 Å². The van der Waals surface area contributed by atoms with E-state index in [0.29, 0.717) is 36.5 Å². The predicted octanol–water partition coefficient (Wildman–Crippen LogP) is 4.91. The molecule has 6 nitrogen and oxygen atoms in total. The molecule has 9 heteroatoms. The highest BCUT2D eigenvalue weighted by Crippen LogP contribution is 2.32. The molecule has 0 saturated heterocycles. The number of fused-ring (bicyclic) bond motifs is 1. The molecule has 0 fully saturated rings. The zero-order chi connectivity index (χ0) is 23.8. The SMILES string of the molecule is COc1ccc(N(C)S(=O)(=O)c2ccc(Cl)c(C(=O)N3CCCc4cc(F)ccc43)c2)cc1. The second-order valence-corrected chi connectivity index (χ2v) is 10.0. The van der Waals surface area contributed by atoms with Crippen LogP contribution in [0.3, 0.4) is 0 Å². The molecule has 0 radical (unpaired) electrons. The van der Waals surface area contributed by atoms with Crippen LogP contribution in [0.5, 0.6) is 5.75 Å². The Balaban J connectivity index is 1.69. The van der Waals surface area contributed by atoms with E-state index in [9.17, 15) is 17.6 Å². The van der Waals surface area contributed by atoms with Crippen LogP contribution in [0, 0.1) is 5.82 Å². The van der Waals surface area contributed by atoms with E-state index in [0.717, 1.165) is 9.87 Å². The lowest BCUT2D eigenvalue weighted by Gasteiger charge is -2.30. The van der Waals surface area contributed by atoms with Crippen molar-refractivity contribution in [2.75, 3.05) is 29.9 Å². The number of carbonyl (C=O) groups is 1. The Kier molecular flexibility index (Phi) is 6.32. The number of halogens is 2. The van der Waals surface area contributed by atoms with E-state index in [1.54, 1.807) is 30.3 Å². The van der Waals surface area contributed by atoms with Crippen molar-refractivity contribution in [2.45, 2.75) is 17.7 Å². The normalized spacial score (nSPS) is 13.4. The Hall–Kier alpha value is -3.10. The van der Waals surface area contributed by atoms with Gasteiger partial charge < -0.3 is 9.64 Å². The summed E-state index contributed by atoms with van der Waals surface area (Å²) in [6.07, 6.45) is 1.32. The van der Waals surface area contributed by atoms with Gasteiger partial charge in [0.1, 0.15) is 11.6 Å².